The van der Waals surface area contributed by atoms with Gasteiger partial charge in [0.1, 0.15) is 38.2 Å². The summed E-state index contributed by atoms with van der Waals surface area (Å²) in [6.45, 7) is 5.69. The predicted octanol–water partition coefficient (Wildman–Crippen LogP) is 5.58. The Labute approximate surface area is 339 Å². The highest BCUT2D eigenvalue weighted by Crippen LogP contribution is 2.61. The van der Waals surface area contributed by atoms with Crippen LogP contribution in [0.15, 0.2) is 97.3 Å². The van der Waals surface area contributed by atoms with E-state index >= 15 is 0 Å². The van der Waals surface area contributed by atoms with Crippen molar-refractivity contribution in [3.8, 4) is 17.7 Å². The van der Waals surface area contributed by atoms with E-state index in [4.69, 9.17) is 33.0 Å². The molecule has 58 heavy (non-hydrogen) atoms. The Morgan fingerprint density at radius 3 is 2.47 bits per heavy atom. The third-order valence-electron chi connectivity index (χ3n) is 11.8. The van der Waals surface area contributed by atoms with Crippen LogP contribution in [0.25, 0.3) is 11.2 Å². The number of aromatic nitrogens is 4. The topological polar surface area (TPSA) is 155 Å². The van der Waals surface area contributed by atoms with Crippen LogP contribution in [-0.2, 0) is 23.3 Å². The lowest BCUT2D eigenvalue weighted by atomic mass is 9.96. The number of nitrogens with zero attached hydrogens (tertiary/aromatic N) is 6. The van der Waals surface area contributed by atoms with Crippen molar-refractivity contribution >= 4 is 50.0 Å². The first-order chi connectivity index (χ1) is 28.4. The van der Waals surface area contributed by atoms with Crippen LogP contribution in [0.4, 0.5) is 5.95 Å². The lowest BCUT2D eigenvalue weighted by Crippen LogP contribution is -2.58. The van der Waals surface area contributed by atoms with Crippen molar-refractivity contribution in [3.05, 3.63) is 97.3 Å². The smallest absolute Gasteiger partial charge is 0.264 e. The number of amides is 1. The summed E-state index contributed by atoms with van der Waals surface area (Å²) < 4.78 is 43.4. The quantitative estimate of drug-likeness (QED) is 0.0797. The molecule has 4 fully saturated rings. The molecule has 0 aliphatic carbocycles. The number of ether oxygens (including phenoxy) is 4. The number of hydrogen-bond donors (Lipinski definition) is 1. The van der Waals surface area contributed by atoms with Gasteiger partial charge in [-0.15, -0.1) is 0 Å². The molecule has 1 unspecified atom stereocenters. The molecular weight excluding hydrogens is 774 g/mol. The second-order valence-corrected chi connectivity index (χ2v) is 21.0. The van der Waals surface area contributed by atoms with Crippen molar-refractivity contribution in [2.24, 2.45) is 0 Å². The van der Waals surface area contributed by atoms with Gasteiger partial charge in [-0.2, -0.15) is 15.2 Å². The van der Waals surface area contributed by atoms with E-state index in [0.717, 1.165) is 25.4 Å². The minimum Gasteiger partial charge on any atom is -0.484 e. The number of rotatable bonds is 15. The van der Waals surface area contributed by atoms with Gasteiger partial charge in [0.05, 0.1) is 31.5 Å². The van der Waals surface area contributed by atoms with Crippen LogP contribution in [0.5, 0.6) is 11.6 Å². The summed E-state index contributed by atoms with van der Waals surface area (Å²) in [5.41, 5.74) is 0.00916. The van der Waals surface area contributed by atoms with Crippen LogP contribution >= 0.6 is 8.53 Å². The first-order valence-corrected chi connectivity index (χ1v) is 23.8. The van der Waals surface area contributed by atoms with Crippen molar-refractivity contribution in [3.63, 3.8) is 0 Å². The molecule has 6 heterocycles. The molecule has 16 heteroatoms. The SMILES string of the molecule is CC[C@@]12CO[C@@H](C1O[P@@]1O[C@H](C[Si](C)(c3ccccc3)c3ccccc3)[C@@H]3CCCN31)[C@H](n1cnc3c(OCCC#N)nc(NC(=O)COc4ccccc4)nc31)O2. The molecule has 1 amide bonds. The van der Waals surface area contributed by atoms with Crippen LogP contribution in [0.1, 0.15) is 38.8 Å². The maximum absolute atomic E-state index is 13.0. The van der Waals surface area contributed by atoms with Gasteiger partial charge in [-0.1, -0.05) is 103 Å². The number of benzene rings is 3. The number of anilines is 1. The van der Waals surface area contributed by atoms with Crippen molar-refractivity contribution in [1.29, 1.82) is 5.26 Å². The maximum Gasteiger partial charge on any atom is 0.264 e. The highest BCUT2D eigenvalue weighted by atomic mass is 31.2. The molecule has 300 valence electrons. The summed E-state index contributed by atoms with van der Waals surface area (Å²) in [7, 11) is -3.59. The zero-order valence-electron chi connectivity index (χ0n) is 32.5. The van der Waals surface area contributed by atoms with Gasteiger partial charge in [-0.25, -0.2) is 9.65 Å². The molecule has 0 spiro atoms. The summed E-state index contributed by atoms with van der Waals surface area (Å²) in [6.07, 6.45) is 3.06. The fraction of sp³-hybridized carbons (Fsp3) is 0.405. The Bertz CT molecular complexity index is 2230. The molecule has 0 radical (unpaired) electrons. The van der Waals surface area contributed by atoms with Crippen LogP contribution in [-0.4, -0.2) is 94.5 Å². The molecule has 4 aliphatic rings. The number of carbonyl (C=O) groups excluding carboxylic acids is 1. The first kappa shape index (κ1) is 38.7. The number of nitriles is 1. The Kier molecular flexibility index (Phi) is 11.0. The zero-order valence-corrected chi connectivity index (χ0v) is 34.4. The van der Waals surface area contributed by atoms with E-state index in [9.17, 15) is 10.1 Å². The van der Waals surface area contributed by atoms with E-state index in [0.29, 0.717) is 29.9 Å². The van der Waals surface area contributed by atoms with Gasteiger partial charge in [0, 0.05) is 12.6 Å². The normalized spacial score (nSPS) is 26.4. The zero-order chi connectivity index (χ0) is 39.7. The Morgan fingerprint density at radius 1 is 1.03 bits per heavy atom. The molecule has 4 aliphatic heterocycles. The lowest BCUT2D eigenvalue weighted by Gasteiger charge is -2.32. The maximum atomic E-state index is 13.0. The van der Waals surface area contributed by atoms with Crippen LogP contribution in [0.3, 0.4) is 0 Å². The average Bonchev–Trinajstić information content (AvgIpc) is 4.10. The highest BCUT2D eigenvalue weighted by Gasteiger charge is 2.64. The van der Waals surface area contributed by atoms with Crippen molar-refractivity contribution in [2.75, 3.05) is 31.7 Å². The number of hydrogen-bond acceptors (Lipinski definition) is 12. The second kappa shape index (κ2) is 16.5. The highest BCUT2D eigenvalue weighted by molar-refractivity contribution is 7.45. The van der Waals surface area contributed by atoms with Crippen LogP contribution in [0, 0.1) is 11.3 Å². The van der Waals surface area contributed by atoms with Crippen molar-refractivity contribution < 1.29 is 32.8 Å². The lowest BCUT2D eigenvalue weighted by molar-refractivity contribution is -0.172. The monoisotopic (exact) mass is 819 g/mol. The average molecular weight is 820 g/mol. The van der Waals surface area contributed by atoms with E-state index in [1.165, 1.54) is 10.4 Å². The molecule has 4 saturated heterocycles. The molecule has 2 aromatic heterocycles. The number of nitrogens with one attached hydrogen (secondary N) is 1. The van der Waals surface area contributed by atoms with E-state index in [2.05, 4.69) is 100 Å². The Morgan fingerprint density at radius 2 is 1.76 bits per heavy atom. The molecule has 2 bridgehead atoms. The second-order valence-electron chi connectivity index (χ2n) is 15.3. The number of fused-ring (bicyclic) bond motifs is 4. The van der Waals surface area contributed by atoms with Crippen molar-refractivity contribution in [2.45, 2.75) is 81.4 Å². The van der Waals surface area contributed by atoms with Gasteiger partial charge in [0.15, 0.2) is 24.0 Å². The molecule has 3 aromatic carbocycles. The van der Waals surface area contributed by atoms with Gasteiger partial charge < -0.3 is 28.0 Å². The summed E-state index contributed by atoms with van der Waals surface area (Å²) >= 11 is 0. The summed E-state index contributed by atoms with van der Waals surface area (Å²) in [6, 6.07) is 34.2. The van der Waals surface area contributed by atoms with Gasteiger partial charge in [-0.05, 0) is 37.4 Å². The summed E-state index contributed by atoms with van der Waals surface area (Å²) in [5.74, 6) is 0.238. The molecular formula is C42H46N7O7PSi. The van der Waals surface area contributed by atoms with Gasteiger partial charge in [0.25, 0.3) is 14.4 Å². The van der Waals surface area contributed by atoms with E-state index in [1.54, 1.807) is 23.0 Å². The van der Waals surface area contributed by atoms with Gasteiger partial charge in [0.2, 0.25) is 11.8 Å². The Hall–Kier alpha value is -4.78. The van der Waals surface area contributed by atoms with E-state index < -0.39 is 46.5 Å². The fourth-order valence-corrected chi connectivity index (χ4v) is 14.8. The minimum atomic E-state index is -2.19. The van der Waals surface area contributed by atoms with Crippen LogP contribution < -0.4 is 25.2 Å². The molecule has 0 saturated carbocycles. The molecule has 9 rings (SSSR count). The third kappa shape index (κ3) is 7.28. The fourth-order valence-electron chi connectivity index (χ4n) is 8.73. The standard InChI is InChI=1S/C42H46N7O7PSi/c1-3-42-27-53-36(37(42)56-57-49-23-13-21-32(49)33(55-57)26-58(2,30-17-9-5-10-18-30)31-19-11-6-12-20-31)40(54-42)48-28-44-35-38(48)46-41(47-39(35)51-24-14-22-43)45-34(50)25-52-29-15-7-4-8-16-29/h4-12,15-20,28,32-33,36-37,40H,3,13-14,21,23-27H2,1-2H3,(H,45,46,47,50)/t32-,33+,36-,37?,40+,42+,57+/m0/s1. The van der Waals surface area contributed by atoms with Gasteiger partial charge >= 0.3 is 0 Å². The third-order valence-corrected chi connectivity index (χ3v) is 18.0. The van der Waals surface area contributed by atoms with Crippen LogP contribution in [0.2, 0.25) is 12.6 Å². The molecule has 5 aromatic rings. The predicted molar refractivity (Wildman–Crippen MR) is 219 cm³/mol. The molecule has 7 atom stereocenters. The molecule has 14 nitrogen and oxygen atoms in total. The molecule has 1 N–H and O–H groups in total. The van der Waals surface area contributed by atoms with Crippen molar-refractivity contribution in [1.82, 2.24) is 24.2 Å². The first-order valence-electron chi connectivity index (χ1n) is 19.9. The van der Waals surface area contributed by atoms with Gasteiger partial charge in [-0.3, -0.25) is 14.7 Å². The Balaban J connectivity index is 0.970. The largest absolute Gasteiger partial charge is 0.484 e. The number of para-hydroxylation sites is 1. The summed E-state index contributed by atoms with van der Waals surface area (Å²) in [5, 5.41) is 14.7. The van der Waals surface area contributed by atoms with E-state index in [-0.39, 0.29) is 43.6 Å². The number of carbonyl (C=O) groups is 1. The van der Waals surface area contributed by atoms with E-state index in [1.807, 2.05) is 18.2 Å². The minimum absolute atomic E-state index is 0.000402. The summed E-state index contributed by atoms with van der Waals surface area (Å²) in [4.78, 5) is 26.8. The number of imidazole rings is 1.